The molecule has 0 aliphatic heterocycles. The van der Waals surface area contributed by atoms with Crippen LogP contribution in [0.1, 0.15) is 32.9 Å². The van der Waals surface area contributed by atoms with E-state index < -0.39 is 0 Å². The molecule has 15 heavy (non-hydrogen) atoms. The van der Waals surface area contributed by atoms with Crippen LogP contribution in [-0.4, -0.2) is 16.0 Å². The topological polar surface area (TPSA) is 63.8 Å². The zero-order chi connectivity index (χ0) is 11.4. The molecule has 0 aliphatic rings. The molecule has 0 saturated heterocycles. The van der Waals surface area contributed by atoms with Crippen LogP contribution in [0.4, 0.5) is 11.8 Å². The summed E-state index contributed by atoms with van der Waals surface area (Å²) in [4.78, 5) is 8.17. The highest BCUT2D eigenvalue weighted by Crippen LogP contribution is 2.12. The van der Waals surface area contributed by atoms with E-state index in [-0.39, 0.29) is 0 Å². The lowest BCUT2D eigenvalue weighted by atomic mass is 10.1. The summed E-state index contributed by atoms with van der Waals surface area (Å²) in [6.45, 7) is 8.47. The lowest BCUT2D eigenvalue weighted by Crippen LogP contribution is -2.18. The SMILES string of the molecule is Cc1cc(NC(C)CC(C)C)nc(N)n1. The van der Waals surface area contributed by atoms with Crippen LogP contribution < -0.4 is 11.1 Å². The number of aromatic nitrogens is 2. The highest BCUT2D eigenvalue weighted by molar-refractivity contribution is 5.40. The van der Waals surface area contributed by atoms with Gasteiger partial charge in [0.2, 0.25) is 5.95 Å². The van der Waals surface area contributed by atoms with Crippen molar-refractivity contribution in [1.29, 1.82) is 0 Å². The van der Waals surface area contributed by atoms with Crippen molar-refractivity contribution in [2.75, 3.05) is 11.1 Å². The van der Waals surface area contributed by atoms with Gasteiger partial charge in [0.1, 0.15) is 5.82 Å². The van der Waals surface area contributed by atoms with Crippen LogP contribution in [-0.2, 0) is 0 Å². The van der Waals surface area contributed by atoms with Gasteiger partial charge in [0.05, 0.1) is 0 Å². The molecule has 0 bridgehead atoms. The van der Waals surface area contributed by atoms with Crippen LogP contribution in [0.25, 0.3) is 0 Å². The van der Waals surface area contributed by atoms with Crippen LogP contribution in [0.5, 0.6) is 0 Å². The third-order valence-electron chi connectivity index (χ3n) is 2.09. The van der Waals surface area contributed by atoms with Gasteiger partial charge in [-0.2, -0.15) is 4.98 Å². The molecule has 1 aromatic rings. The van der Waals surface area contributed by atoms with Crippen molar-refractivity contribution in [3.05, 3.63) is 11.8 Å². The fraction of sp³-hybridized carbons (Fsp3) is 0.636. The van der Waals surface area contributed by atoms with Crippen LogP contribution in [0.15, 0.2) is 6.07 Å². The third kappa shape index (κ3) is 4.14. The van der Waals surface area contributed by atoms with Crippen molar-refractivity contribution in [2.45, 2.75) is 40.2 Å². The number of hydrogen-bond acceptors (Lipinski definition) is 4. The summed E-state index contributed by atoms with van der Waals surface area (Å²) in [6, 6.07) is 2.31. The summed E-state index contributed by atoms with van der Waals surface area (Å²) in [5.41, 5.74) is 6.46. The van der Waals surface area contributed by atoms with E-state index in [1.54, 1.807) is 0 Å². The molecule has 0 aromatic carbocycles. The van der Waals surface area contributed by atoms with E-state index in [9.17, 15) is 0 Å². The molecule has 1 rings (SSSR count). The number of rotatable bonds is 4. The van der Waals surface area contributed by atoms with Crippen LogP contribution in [0.2, 0.25) is 0 Å². The standard InChI is InChI=1S/C11H20N4/c1-7(2)5-8(3)13-10-6-9(4)14-11(12)15-10/h6-8H,5H2,1-4H3,(H3,12,13,14,15). The Labute approximate surface area is 91.3 Å². The van der Waals surface area contributed by atoms with E-state index in [4.69, 9.17) is 5.73 Å². The van der Waals surface area contributed by atoms with Crippen LogP contribution in [0, 0.1) is 12.8 Å². The largest absolute Gasteiger partial charge is 0.368 e. The second-order valence-corrected chi connectivity index (χ2v) is 4.43. The van der Waals surface area contributed by atoms with Gasteiger partial charge in [-0.15, -0.1) is 0 Å². The first-order valence-electron chi connectivity index (χ1n) is 5.35. The minimum atomic E-state index is 0.328. The van der Waals surface area contributed by atoms with Gasteiger partial charge in [-0.05, 0) is 26.2 Å². The predicted octanol–water partition coefficient (Wildman–Crippen LogP) is 2.21. The lowest BCUT2D eigenvalue weighted by molar-refractivity contribution is 0.539. The molecule has 1 aromatic heterocycles. The Morgan fingerprint density at radius 2 is 2.00 bits per heavy atom. The maximum absolute atomic E-state index is 5.57. The third-order valence-corrected chi connectivity index (χ3v) is 2.09. The molecule has 0 fully saturated rings. The van der Waals surface area contributed by atoms with Gasteiger partial charge in [-0.3, -0.25) is 0 Å². The van der Waals surface area contributed by atoms with Crippen molar-refractivity contribution in [2.24, 2.45) is 5.92 Å². The van der Waals surface area contributed by atoms with E-state index in [2.05, 4.69) is 36.1 Å². The fourth-order valence-corrected chi connectivity index (χ4v) is 1.68. The molecule has 0 aliphatic carbocycles. The minimum Gasteiger partial charge on any atom is -0.368 e. The number of anilines is 2. The second-order valence-electron chi connectivity index (χ2n) is 4.43. The smallest absolute Gasteiger partial charge is 0.222 e. The Morgan fingerprint density at radius 3 is 2.53 bits per heavy atom. The van der Waals surface area contributed by atoms with Gasteiger partial charge in [-0.25, -0.2) is 4.98 Å². The molecule has 0 saturated carbocycles. The van der Waals surface area contributed by atoms with Crippen LogP contribution >= 0.6 is 0 Å². The Hall–Kier alpha value is -1.32. The molecular formula is C11H20N4. The zero-order valence-electron chi connectivity index (χ0n) is 9.91. The lowest BCUT2D eigenvalue weighted by Gasteiger charge is -2.16. The molecular weight excluding hydrogens is 188 g/mol. The number of aryl methyl sites for hydroxylation is 1. The van der Waals surface area contributed by atoms with Gasteiger partial charge >= 0.3 is 0 Å². The Kier molecular flexibility index (Phi) is 3.88. The summed E-state index contributed by atoms with van der Waals surface area (Å²) < 4.78 is 0. The van der Waals surface area contributed by atoms with Crippen molar-refractivity contribution < 1.29 is 0 Å². The highest BCUT2D eigenvalue weighted by Gasteiger charge is 2.06. The molecule has 84 valence electrons. The maximum atomic E-state index is 5.57. The van der Waals surface area contributed by atoms with E-state index in [0.717, 1.165) is 17.9 Å². The Morgan fingerprint density at radius 1 is 1.33 bits per heavy atom. The first-order valence-corrected chi connectivity index (χ1v) is 5.35. The molecule has 0 spiro atoms. The number of nitrogens with one attached hydrogen (secondary N) is 1. The average Bonchev–Trinajstić information content (AvgIpc) is 1.98. The van der Waals surface area contributed by atoms with Crippen molar-refractivity contribution in [3.8, 4) is 0 Å². The van der Waals surface area contributed by atoms with Gasteiger partial charge in [0, 0.05) is 17.8 Å². The Balaban J connectivity index is 2.63. The molecule has 1 unspecified atom stereocenters. The summed E-state index contributed by atoms with van der Waals surface area (Å²) in [5.74, 6) is 1.81. The number of nitrogen functional groups attached to an aromatic ring is 1. The number of nitrogens with zero attached hydrogens (tertiary/aromatic N) is 2. The number of hydrogen-bond donors (Lipinski definition) is 2. The van der Waals surface area contributed by atoms with Gasteiger partial charge in [-0.1, -0.05) is 13.8 Å². The molecule has 4 heteroatoms. The molecule has 0 radical (unpaired) electrons. The molecule has 4 nitrogen and oxygen atoms in total. The summed E-state index contributed by atoms with van der Waals surface area (Å²) in [5, 5.41) is 3.32. The minimum absolute atomic E-state index is 0.328. The van der Waals surface area contributed by atoms with Crippen LogP contribution in [0.3, 0.4) is 0 Å². The second kappa shape index (κ2) is 4.96. The van der Waals surface area contributed by atoms with Crippen molar-refractivity contribution in [1.82, 2.24) is 9.97 Å². The van der Waals surface area contributed by atoms with E-state index in [0.29, 0.717) is 17.9 Å². The molecule has 0 amide bonds. The highest BCUT2D eigenvalue weighted by atomic mass is 15.1. The molecule has 1 heterocycles. The maximum Gasteiger partial charge on any atom is 0.222 e. The first kappa shape index (κ1) is 11.8. The van der Waals surface area contributed by atoms with Gasteiger partial charge in [0.25, 0.3) is 0 Å². The first-order chi connectivity index (χ1) is 6.97. The zero-order valence-corrected chi connectivity index (χ0v) is 9.91. The van der Waals surface area contributed by atoms with Gasteiger partial charge in [0.15, 0.2) is 0 Å². The molecule has 1 atom stereocenters. The van der Waals surface area contributed by atoms with E-state index >= 15 is 0 Å². The Bertz CT molecular complexity index is 302. The normalized spacial score (nSPS) is 12.9. The van der Waals surface area contributed by atoms with Crippen molar-refractivity contribution in [3.63, 3.8) is 0 Å². The quantitative estimate of drug-likeness (QED) is 0.796. The van der Waals surface area contributed by atoms with Crippen molar-refractivity contribution >= 4 is 11.8 Å². The summed E-state index contributed by atoms with van der Waals surface area (Å²) >= 11 is 0. The molecule has 3 N–H and O–H groups in total. The predicted molar refractivity (Wildman–Crippen MR) is 63.7 cm³/mol. The summed E-state index contributed by atoms with van der Waals surface area (Å²) in [6.07, 6.45) is 1.11. The fourth-order valence-electron chi connectivity index (χ4n) is 1.68. The van der Waals surface area contributed by atoms with E-state index in [1.165, 1.54) is 0 Å². The van der Waals surface area contributed by atoms with E-state index in [1.807, 2.05) is 13.0 Å². The average molecular weight is 208 g/mol. The summed E-state index contributed by atoms with van der Waals surface area (Å²) in [7, 11) is 0. The number of nitrogens with two attached hydrogens (primary N) is 1. The monoisotopic (exact) mass is 208 g/mol. The van der Waals surface area contributed by atoms with Gasteiger partial charge < -0.3 is 11.1 Å².